The van der Waals surface area contributed by atoms with Gasteiger partial charge in [0, 0.05) is 32.6 Å². The molecule has 43 heavy (non-hydrogen) atoms. The summed E-state index contributed by atoms with van der Waals surface area (Å²) in [5, 5.41) is 2.97. The maximum Gasteiger partial charge on any atom is 0.243 e. The lowest BCUT2D eigenvalue weighted by Gasteiger charge is -2.29. The summed E-state index contributed by atoms with van der Waals surface area (Å²) in [6.45, 7) is 3.55. The Morgan fingerprint density at radius 3 is 1.88 bits per heavy atom. The van der Waals surface area contributed by atoms with Gasteiger partial charge < -0.3 is 19.7 Å². The molecule has 1 aliphatic rings. The summed E-state index contributed by atoms with van der Waals surface area (Å²) in [4.78, 5) is 28.6. The lowest BCUT2D eigenvalue weighted by atomic mass is 10.1. The molecule has 0 saturated carbocycles. The molecule has 1 atom stereocenters. The van der Waals surface area contributed by atoms with Crippen molar-refractivity contribution in [3.05, 3.63) is 89.5 Å². The number of benzene rings is 3. The Morgan fingerprint density at radius 2 is 1.33 bits per heavy atom. The maximum atomic E-state index is 13.6. The molecule has 2 amide bonds. The number of hydrogen-bond acceptors (Lipinski definition) is 6. The van der Waals surface area contributed by atoms with E-state index in [-0.39, 0.29) is 29.7 Å². The molecule has 3 aromatic carbocycles. The van der Waals surface area contributed by atoms with Crippen molar-refractivity contribution in [3.8, 4) is 11.5 Å². The van der Waals surface area contributed by atoms with Crippen LogP contribution >= 0.6 is 0 Å². The summed E-state index contributed by atoms with van der Waals surface area (Å²) in [6.07, 6.45) is 3.02. The second-order valence-corrected chi connectivity index (χ2v) is 12.6. The van der Waals surface area contributed by atoms with Gasteiger partial charge in [-0.05, 0) is 85.7 Å². The standard InChI is InChI=1S/C33H41N3O6S/c1-25(33(38)34-21-20-27-6-13-29(41-2)14-7-27)36(24-28-8-15-30(42-3)16-9-28)32(37)19-12-26-10-17-31(18-11-26)43(39,40)35-22-4-5-23-35/h6-11,13-18,25H,4-5,12,19-24H2,1-3H3,(H,34,38)/t25-/m1/s1. The summed E-state index contributed by atoms with van der Waals surface area (Å²) in [5.74, 6) is 1.09. The van der Waals surface area contributed by atoms with Gasteiger partial charge in [-0.2, -0.15) is 4.31 Å². The highest BCUT2D eigenvalue weighted by atomic mass is 32.2. The molecule has 1 aliphatic heterocycles. The highest BCUT2D eigenvalue weighted by molar-refractivity contribution is 7.89. The monoisotopic (exact) mass is 607 g/mol. The van der Waals surface area contributed by atoms with Crippen LogP contribution in [0.4, 0.5) is 0 Å². The number of aryl methyl sites for hydroxylation is 1. The van der Waals surface area contributed by atoms with Crippen molar-refractivity contribution in [1.29, 1.82) is 0 Å². The summed E-state index contributed by atoms with van der Waals surface area (Å²) in [6, 6.07) is 21.2. The molecule has 3 aromatic rings. The molecular weight excluding hydrogens is 566 g/mol. The van der Waals surface area contributed by atoms with Crippen LogP contribution in [0.5, 0.6) is 11.5 Å². The van der Waals surface area contributed by atoms with E-state index in [0.717, 1.165) is 35.3 Å². The molecule has 1 N–H and O–H groups in total. The summed E-state index contributed by atoms with van der Waals surface area (Å²) < 4.78 is 37.7. The van der Waals surface area contributed by atoms with Crippen LogP contribution in [-0.4, -0.2) is 69.3 Å². The minimum atomic E-state index is -3.49. The quantitative estimate of drug-likeness (QED) is 0.295. The van der Waals surface area contributed by atoms with Crippen LogP contribution in [0.25, 0.3) is 0 Å². The van der Waals surface area contributed by atoms with E-state index in [1.54, 1.807) is 50.3 Å². The average Bonchev–Trinajstić information content (AvgIpc) is 3.59. The highest BCUT2D eigenvalue weighted by Crippen LogP contribution is 2.22. The van der Waals surface area contributed by atoms with E-state index in [2.05, 4.69) is 5.32 Å². The van der Waals surface area contributed by atoms with Crippen molar-refractivity contribution >= 4 is 21.8 Å². The second-order valence-electron chi connectivity index (χ2n) is 10.7. The van der Waals surface area contributed by atoms with Gasteiger partial charge in [0.25, 0.3) is 0 Å². The smallest absolute Gasteiger partial charge is 0.243 e. The van der Waals surface area contributed by atoms with Crippen LogP contribution in [-0.2, 0) is 39.0 Å². The number of ether oxygens (including phenoxy) is 2. The van der Waals surface area contributed by atoms with Crippen molar-refractivity contribution in [2.24, 2.45) is 0 Å². The van der Waals surface area contributed by atoms with Gasteiger partial charge in [0.2, 0.25) is 21.8 Å². The van der Waals surface area contributed by atoms with Crippen molar-refractivity contribution in [1.82, 2.24) is 14.5 Å². The third-order valence-corrected chi connectivity index (χ3v) is 9.72. The maximum absolute atomic E-state index is 13.6. The Morgan fingerprint density at radius 1 is 0.814 bits per heavy atom. The number of hydrogen-bond donors (Lipinski definition) is 1. The molecular formula is C33H41N3O6S. The Bertz CT molecular complexity index is 1450. The Kier molecular flexibility index (Phi) is 11.2. The fourth-order valence-electron chi connectivity index (χ4n) is 5.08. The minimum absolute atomic E-state index is 0.164. The molecule has 1 saturated heterocycles. The van der Waals surface area contributed by atoms with Crippen LogP contribution < -0.4 is 14.8 Å². The lowest BCUT2D eigenvalue weighted by molar-refractivity contribution is -0.140. The molecule has 4 rings (SSSR count). The van der Waals surface area contributed by atoms with Gasteiger partial charge in [-0.25, -0.2) is 8.42 Å². The minimum Gasteiger partial charge on any atom is -0.497 e. The number of amides is 2. The Labute approximate surface area is 254 Å². The number of carbonyl (C=O) groups is 2. The molecule has 230 valence electrons. The van der Waals surface area contributed by atoms with Gasteiger partial charge in [0.1, 0.15) is 17.5 Å². The molecule has 0 bridgehead atoms. The van der Waals surface area contributed by atoms with Crippen molar-refractivity contribution < 1.29 is 27.5 Å². The predicted molar refractivity (Wildman–Crippen MR) is 165 cm³/mol. The number of nitrogens with zero attached hydrogens (tertiary/aromatic N) is 2. The van der Waals surface area contributed by atoms with Crippen LogP contribution in [0.15, 0.2) is 77.7 Å². The van der Waals surface area contributed by atoms with Crippen LogP contribution in [0, 0.1) is 0 Å². The van der Waals surface area contributed by atoms with E-state index in [1.807, 2.05) is 48.5 Å². The van der Waals surface area contributed by atoms with Crippen LogP contribution in [0.1, 0.15) is 42.9 Å². The first kappa shape index (κ1) is 32.0. The molecule has 0 aromatic heterocycles. The Hall–Kier alpha value is -3.89. The highest BCUT2D eigenvalue weighted by Gasteiger charge is 2.28. The molecule has 0 radical (unpaired) electrons. The number of rotatable bonds is 14. The second kappa shape index (κ2) is 15.0. The van der Waals surface area contributed by atoms with Gasteiger partial charge in [0.15, 0.2) is 0 Å². The van der Waals surface area contributed by atoms with Crippen molar-refractivity contribution in [2.75, 3.05) is 33.9 Å². The fourth-order valence-corrected chi connectivity index (χ4v) is 6.60. The lowest BCUT2D eigenvalue weighted by Crippen LogP contribution is -2.48. The van der Waals surface area contributed by atoms with E-state index in [1.165, 1.54) is 4.31 Å². The average molecular weight is 608 g/mol. The zero-order valence-corrected chi connectivity index (χ0v) is 25.9. The van der Waals surface area contributed by atoms with E-state index >= 15 is 0 Å². The Balaban J connectivity index is 1.39. The van der Waals surface area contributed by atoms with Gasteiger partial charge in [-0.3, -0.25) is 9.59 Å². The van der Waals surface area contributed by atoms with E-state index in [9.17, 15) is 18.0 Å². The molecule has 0 unspecified atom stereocenters. The molecule has 0 spiro atoms. The van der Waals surface area contributed by atoms with E-state index in [4.69, 9.17) is 9.47 Å². The first-order chi connectivity index (χ1) is 20.7. The zero-order chi connectivity index (χ0) is 30.8. The van der Waals surface area contributed by atoms with Gasteiger partial charge in [-0.15, -0.1) is 0 Å². The third kappa shape index (κ3) is 8.58. The number of sulfonamides is 1. The van der Waals surface area contributed by atoms with Crippen LogP contribution in [0.3, 0.4) is 0 Å². The zero-order valence-electron chi connectivity index (χ0n) is 25.1. The summed E-state index contributed by atoms with van der Waals surface area (Å²) in [7, 11) is -0.276. The van der Waals surface area contributed by atoms with E-state index in [0.29, 0.717) is 38.2 Å². The molecule has 10 heteroatoms. The predicted octanol–water partition coefficient (Wildman–Crippen LogP) is 4.20. The number of nitrogens with one attached hydrogen (secondary N) is 1. The van der Waals surface area contributed by atoms with E-state index < -0.39 is 16.1 Å². The number of methoxy groups -OCH3 is 2. The molecule has 0 aliphatic carbocycles. The third-order valence-electron chi connectivity index (χ3n) is 7.80. The normalized spacial score (nSPS) is 14.2. The SMILES string of the molecule is COc1ccc(CCNC(=O)[C@@H](C)N(Cc2ccc(OC)cc2)C(=O)CCc2ccc(S(=O)(=O)N3CCCC3)cc2)cc1. The van der Waals surface area contributed by atoms with Crippen molar-refractivity contribution in [3.63, 3.8) is 0 Å². The number of carbonyl (C=O) groups excluding carboxylic acids is 2. The van der Waals surface area contributed by atoms with Gasteiger partial charge in [0.05, 0.1) is 19.1 Å². The van der Waals surface area contributed by atoms with Gasteiger partial charge in [-0.1, -0.05) is 36.4 Å². The van der Waals surface area contributed by atoms with Crippen molar-refractivity contribution in [2.45, 2.75) is 56.5 Å². The largest absolute Gasteiger partial charge is 0.497 e. The van der Waals surface area contributed by atoms with Crippen LogP contribution in [0.2, 0.25) is 0 Å². The summed E-state index contributed by atoms with van der Waals surface area (Å²) >= 11 is 0. The molecule has 1 fully saturated rings. The molecule has 9 nitrogen and oxygen atoms in total. The fraction of sp³-hybridized carbons (Fsp3) is 0.394. The van der Waals surface area contributed by atoms with Gasteiger partial charge >= 0.3 is 0 Å². The first-order valence-corrected chi connectivity index (χ1v) is 16.1. The topological polar surface area (TPSA) is 105 Å². The molecule has 1 heterocycles. The summed E-state index contributed by atoms with van der Waals surface area (Å²) in [5.41, 5.74) is 2.80. The first-order valence-electron chi connectivity index (χ1n) is 14.6.